The molecule has 3 aromatic rings. The van der Waals surface area contributed by atoms with Crippen molar-refractivity contribution < 1.29 is 9.53 Å². The molecule has 1 aliphatic heterocycles. The number of ether oxygens (including phenoxy) is 1. The SMILES string of the molecule is CCCCCCN1C(=O)/C(=C/c2cn(-c3ccccc3)nc2-c2cccc(OCCC)c2)SC1=S. The van der Waals surface area contributed by atoms with Gasteiger partial charge in [-0.3, -0.25) is 9.69 Å². The van der Waals surface area contributed by atoms with Crippen LogP contribution in [0.3, 0.4) is 0 Å². The fraction of sp³-hybridized carbons (Fsp3) is 0.321. The van der Waals surface area contributed by atoms with Crippen molar-refractivity contribution in [2.75, 3.05) is 13.2 Å². The van der Waals surface area contributed by atoms with Crippen molar-refractivity contribution in [1.82, 2.24) is 14.7 Å². The molecule has 0 atom stereocenters. The molecule has 35 heavy (non-hydrogen) atoms. The van der Waals surface area contributed by atoms with Gasteiger partial charge in [-0.15, -0.1) is 0 Å². The third-order valence-electron chi connectivity index (χ3n) is 5.74. The average Bonchev–Trinajstić information content (AvgIpc) is 3.42. The van der Waals surface area contributed by atoms with Crippen LogP contribution >= 0.6 is 24.0 Å². The lowest BCUT2D eigenvalue weighted by Gasteiger charge is -2.13. The Labute approximate surface area is 217 Å². The van der Waals surface area contributed by atoms with Crippen LogP contribution in [0.15, 0.2) is 65.7 Å². The number of benzene rings is 2. The van der Waals surface area contributed by atoms with E-state index in [4.69, 9.17) is 22.1 Å². The molecule has 1 saturated heterocycles. The molecule has 0 saturated carbocycles. The second-order valence-electron chi connectivity index (χ2n) is 8.48. The third-order valence-corrected chi connectivity index (χ3v) is 7.12. The first kappa shape index (κ1) is 25.2. The molecular weight excluding hydrogens is 474 g/mol. The van der Waals surface area contributed by atoms with E-state index in [9.17, 15) is 4.79 Å². The first-order valence-corrected chi connectivity index (χ1v) is 13.5. The molecule has 7 heteroatoms. The van der Waals surface area contributed by atoms with Crippen molar-refractivity contribution in [1.29, 1.82) is 0 Å². The minimum Gasteiger partial charge on any atom is -0.494 e. The number of rotatable bonds is 11. The van der Waals surface area contributed by atoms with Gasteiger partial charge in [0.15, 0.2) is 0 Å². The van der Waals surface area contributed by atoms with Gasteiger partial charge in [0.25, 0.3) is 5.91 Å². The van der Waals surface area contributed by atoms with Gasteiger partial charge in [0.2, 0.25) is 0 Å². The Morgan fingerprint density at radius 1 is 1.03 bits per heavy atom. The van der Waals surface area contributed by atoms with Crippen LogP contribution < -0.4 is 4.74 Å². The highest BCUT2D eigenvalue weighted by Gasteiger charge is 2.32. The number of hydrogen-bond donors (Lipinski definition) is 0. The molecule has 2 heterocycles. The van der Waals surface area contributed by atoms with Crippen molar-refractivity contribution in [2.45, 2.75) is 46.0 Å². The van der Waals surface area contributed by atoms with Crippen molar-refractivity contribution in [3.63, 3.8) is 0 Å². The van der Waals surface area contributed by atoms with Crippen molar-refractivity contribution in [2.24, 2.45) is 0 Å². The number of thiocarbonyl (C=S) groups is 1. The van der Waals surface area contributed by atoms with E-state index in [-0.39, 0.29) is 5.91 Å². The smallest absolute Gasteiger partial charge is 0.266 e. The van der Waals surface area contributed by atoms with E-state index in [0.717, 1.165) is 53.9 Å². The van der Waals surface area contributed by atoms with Gasteiger partial charge in [0, 0.05) is 23.9 Å². The van der Waals surface area contributed by atoms with Crippen molar-refractivity contribution in [3.8, 4) is 22.7 Å². The van der Waals surface area contributed by atoms with Gasteiger partial charge in [-0.05, 0) is 43.2 Å². The van der Waals surface area contributed by atoms with E-state index >= 15 is 0 Å². The topological polar surface area (TPSA) is 47.4 Å². The van der Waals surface area contributed by atoms with E-state index in [0.29, 0.717) is 22.4 Å². The average molecular weight is 506 g/mol. The molecule has 0 N–H and O–H groups in total. The van der Waals surface area contributed by atoms with Gasteiger partial charge in [0.1, 0.15) is 15.8 Å². The van der Waals surface area contributed by atoms with E-state index in [1.807, 2.05) is 71.6 Å². The predicted molar refractivity (Wildman–Crippen MR) is 149 cm³/mol. The summed E-state index contributed by atoms with van der Waals surface area (Å²) in [4.78, 5) is 15.6. The molecule has 1 amide bonds. The molecule has 1 aromatic heterocycles. The van der Waals surface area contributed by atoms with Gasteiger partial charge in [-0.2, -0.15) is 5.10 Å². The molecule has 1 aliphatic rings. The molecule has 0 unspecified atom stereocenters. The lowest BCUT2D eigenvalue weighted by Crippen LogP contribution is -2.29. The molecule has 4 rings (SSSR count). The fourth-order valence-electron chi connectivity index (χ4n) is 3.91. The molecular formula is C28H31N3O2S2. The van der Waals surface area contributed by atoms with Gasteiger partial charge < -0.3 is 4.74 Å². The highest BCUT2D eigenvalue weighted by Crippen LogP contribution is 2.35. The zero-order valence-electron chi connectivity index (χ0n) is 20.3. The van der Waals surface area contributed by atoms with E-state index < -0.39 is 0 Å². The van der Waals surface area contributed by atoms with Gasteiger partial charge in [-0.1, -0.05) is 87.4 Å². The Hall–Kier alpha value is -2.90. The summed E-state index contributed by atoms with van der Waals surface area (Å²) < 4.78 is 8.33. The summed E-state index contributed by atoms with van der Waals surface area (Å²) in [6.45, 7) is 5.61. The van der Waals surface area contributed by atoms with Crippen LogP contribution in [0.25, 0.3) is 23.0 Å². The molecule has 2 aromatic carbocycles. The summed E-state index contributed by atoms with van der Waals surface area (Å²) in [5.74, 6) is 0.790. The minimum atomic E-state index is -0.0186. The monoisotopic (exact) mass is 505 g/mol. The number of hydrogen-bond acceptors (Lipinski definition) is 5. The Kier molecular flexibility index (Phi) is 8.77. The van der Waals surface area contributed by atoms with Gasteiger partial charge >= 0.3 is 0 Å². The zero-order valence-corrected chi connectivity index (χ0v) is 21.9. The first-order chi connectivity index (χ1) is 17.1. The first-order valence-electron chi connectivity index (χ1n) is 12.2. The summed E-state index contributed by atoms with van der Waals surface area (Å²) in [6, 6.07) is 17.9. The molecule has 0 aliphatic carbocycles. The van der Waals surface area contributed by atoms with Crippen LogP contribution in [0, 0.1) is 0 Å². The maximum atomic E-state index is 13.2. The Balaban J connectivity index is 1.67. The molecule has 0 radical (unpaired) electrons. The zero-order chi connectivity index (χ0) is 24.6. The summed E-state index contributed by atoms with van der Waals surface area (Å²) in [5, 5.41) is 4.90. The van der Waals surface area contributed by atoms with Crippen molar-refractivity contribution >= 4 is 40.3 Å². The molecule has 0 spiro atoms. The van der Waals surface area contributed by atoms with Crippen LogP contribution in [0.5, 0.6) is 5.75 Å². The van der Waals surface area contributed by atoms with Crippen LogP contribution in [0.1, 0.15) is 51.5 Å². The number of unbranched alkanes of at least 4 members (excludes halogenated alkanes) is 3. The number of para-hydroxylation sites is 1. The maximum absolute atomic E-state index is 13.2. The summed E-state index contributed by atoms with van der Waals surface area (Å²) in [5.41, 5.74) is 3.56. The predicted octanol–water partition coefficient (Wildman–Crippen LogP) is 7.11. The number of carbonyl (C=O) groups is 1. The molecule has 0 bridgehead atoms. The number of aromatic nitrogens is 2. The minimum absolute atomic E-state index is 0.0186. The third kappa shape index (κ3) is 6.21. The van der Waals surface area contributed by atoms with Gasteiger partial charge in [0.05, 0.1) is 17.2 Å². The quantitative estimate of drug-likeness (QED) is 0.158. The summed E-state index contributed by atoms with van der Waals surface area (Å²) in [7, 11) is 0. The Morgan fingerprint density at radius 2 is 1.86 bits per heavy atom. The van der Waals surface area contributed by atoms with E-state index in [1.54, 1.807) is 4.90 Å². The highest BCUT2D eigenvalue weighted by molar-refractivity contribution is 8.26. The largest absolute Gasteiger partial charge is 0.494 e. The van der Waals surface area contributed by atoms with Gasteiger partial charge in [-0.25, -0.2) is 4.68 Å². The number of nitrogens with zero attached hydrogens (tertiary/aromatic N) is 3. The molecule has 5 nitrogen and oxygen atoms in total. The second-order valence-corrected chi connectivity index (χ2v) is 10.2. The Bertz CT molecular complexity index is 1200. The van der Waals surface area contributed by atoms with E-state index in [1.165, 1.54) is 18.2 Å². The number of amides is 1. The van der Waals surface area contributed by atoms with Crippen LogP contribution in [0.4, 0.5) is 0 Å². The number of thioether (sulfide) groups is 1. The number of carbonyl (C=O) groups excluding carboxylic acids is 1. The lowest BCUT2D eigenvalue weighted by atomic mass is 10.1. The van der Waals surface area contributed by atoms with Crippen LogP contribution in [-0.4, -0.2) is 38.1 Å². The molecule has 182 valence electrons. The Morgan fingerprint density at radius 3 is 2.63 bits per heavy atom. The lowest BCUT2D eigenvalue weighted by molar-refractivity contribution is -0.122. The fourth-order valence-corrected chi connectivity index (χ4v) is 5.21. The molecule has 1 fully saturated rings. The normalized spacial score (nSPS) is 14.8. The van der Waals surface area contributed by atoms with Crippen molar-refractivity contribution in [3.05, 3.63) is 71.3 Å². The van der Waals surface area contributed by atoms with Crippen LogP contribution in [-0.2, 0) is 4.79 Å². The standard InChI is InChI=1S/C28H31N3O2S2/c1-3-5-6-10-16-30-27(32)25(35-28(30)34)19-22-20-31(23-13-8-7-9-14-23)29-26(22)21-12-11-15-24(18-21)33-17-4-2/h7-9,11-15,18-20H,3-6,10,16-17H2,1-2H3/b25-19-. The second kappa shape index (κ2) is 12.2. The van der Waals surface area contributed by atoms with E-state index in [2.05, 4.69) is 13.8 Å². The summed E-state index contributed by atoms with van der Waals surface area (Å²) in [6.07, 6.45) is 9.25. The van der Waals surface area contributed by atoms with Crippen LogP contribution in [0.2, 0.25) is 0 Å². The highest BCUT2D eigenvalue weighted by atomic mass is 32.2. The summed E-state index contributed by atoms with van der Waals surface area (Å²) >= 11 is 6.92. The maximum Gasteiger partial charge on any atom is 0.266 e.